The van der Waals surface area contributed by atoms with Crippen molar-refractivity contribution in [3.63, 3.8) is 0 Å². The van der Waals surface area contributed by atoms with E-state index in [1.807, 2.05) is 18.2 Å². The van der Waals surface area contributed by atoms with Gasteiger partial charge in [0.25, 0.3) is 0 Å². The van der Waals surface area contributed by atoms with Crippen LogP contribution in [0.2, 0.25) is 0 Å². The highest BCUT2D eigenvalue weighted by molar-refractivity contribution is 5.86. The Morgan fingerprint density at radius 1 is 1.53 bits per heavy atom. The normalized spacial score (nSPS) is 19.6. The average molecular weight is 258 g/mol. The van der Waals surface area contributed by atoms with Gasteiger partial charge in [0.2, 0.25) is 5.91 Å². The number of nitrogens with one attached hydrogen (secondary N) is 1. The second-order valence-electron chi connectivity index (χ2n) is 4.95. The van der Waals surface area contributed by atoms with Gasteiger partial charge in [-0.05, 0) is 31.0 Å². The summed E-state index contributed by atoms with van der Waals surface area (Å²) in [5, 5.41) is 2.94. The summed E-state index contributed by atoms with van der Waals surface area (Å²) in [6.07, 6.45) is 2.68. The lowest BCUT2D eigenvalue weighted by Gasteiger charge is -2.25. The molecule has 1 amide bonds. The molecule has 5 heteroatoms. The zero-order valence-electron chi connectivity index (χ0n) is 11.0. The van der Waals surface area contributed by atoms with Gasteiger partial charge in [-0.25, -0.2) is 4.98 Å². The summed E-state index contributed by atoms with van der Waals surface area (Å²) >= 11 is 0. The number of piperidine rings is 1. The van der Waals surface area contributed by atoms with E-state index in [4.69, 9.17) is 5.73 Å². The number of rotatable bonds is 2. The van der Waals surface area contributed by atoms with Gasteiger partial charge < -0.3 is 15.6 Å². The van der Waals surface area contributed by atoms with Gasteiger partial charge in [-0.2, -0.15) is 0 Å². The fraction of sp³-hybridized carbons (Fsp3) is 0.429. The molecule has 0 bridgehead atoms. The molecule has 1 atom stereocenters. The first-order valence-electron chi connectivity index (χ1n) is 6.74. The minimum Gasteiger partial charge on any atom is -0.399 e. The summed E-state index contributed by atoms with van der Waals surface area (Å²) in [7, 11) is 0. The highest BCUT2D eigenvalue weighted by Crippen LogP contribution is 2.27. The Bertz CT molecular complexity index is 632. The highest BCUT2D eigenvalue weighted by Gasteiger charge is 2.27. The number of anilines is 1. The van der Waals surface area contributed by atoms with Crippen molar-refractivity contribution < 1.29 is 4.79 Å². The number of nitrogens with two attached hydrogens (primary N) is 1. The predicted octanol–water partition coefficient (Wildman–Crippen LogP) is 1.63. The Morgan fingerprint density at radius 3 is 3.11 bits per heavy atom. The van der Waals surface area contributed by atoms with Crippen molar-refractivity contribution in [1.82, 2.24) is 14.9 Å². The zero-order chi connectivity index (χ0) is 13.4. The summed E-state index contributed by atoms with van der Waals surface area (Å²) < 4.78 is 2.07. The molecule has 1 fully saturated rings. The molecule has 0 aliphatic carbocycles. The third-order valence-corrected chi connectivity index (χ3v) is 3.67. The quantitative estimate of drug-likeness (QED) is 0.804. The van der Waals surface area contributed by atoms with E-state index in [0.29, 0.717) is 5.69 Å². The number of carbonyl (C=O) groups is 1. The molecule has 1 aromatic heterocycles. The highest BCUT2D eigenvalue weighted by atomic mass is 16.2. The maximum Gasteiger partial charge on any atom is 0.243 e. The second kappa shape index (κ2) is 4.57. The van der Waals surface area contributed by atoms with Gasteiger partial charge >= 0.3 is 0 Å². The summed E-state index contributed by atoms with van der Waals surface area (Å²) in [5.74, 6) is 1.04. The van der Waals surface area contributed by atoms with E-state index in [9.17, 15) is 4.79 Å². The number of carbonyl (C=O) groups excluding carboxylic acids is 1. The molecule has 3 N–H and O–H groups in total. The van der Waals surface area contributed by atoms with Gasteiger partial charge in [-0.15, -0.1) is 0 Å². The lowest BCUT2D eigenvalue weighted by molar-refractivity contribution is -0.125. The molecule has 1 aliphatic heterocycles. The van der Waals surface area contributed by atoms with Crippen molar-refractivity contribution >= 4 is 22.6 Å². The van der Waals surface area contributed by atoms with Crippen LogP contribution in [0.5, 0.6) is 0 Å². The van der Waals surface area contributed by atoms with Crippen LogP contribution in [-0.4, -0.2) is 22.0 Å². The Balaban J connectivity index is 2.17. The molecular formula is C14H18N4O. The molecule has 19 heavy (non-hydrogen) atoms. The second-order valence-corrected chi connectivity index (χ2v) is 4.95. The maximum atomic E-state index is 12.1. The summed E-state index contributed by atoms with van der Waals surface area (Å²) in [6.45, 7) is 2.83. The standard InChI is InChI=1S/C14H18N4O/c1-2-13-17-10-8-9(15)5-6-11(10)18(13)12-4-3-7-16-14(12)19/h5-6,8,12H,2-4,7,15H2,1H3,(H,16,19). The van der Waals surface area contributed by atoms with E-state index >= 15 is 0 Å². The molecule has 2 heterocycles. The maximum absolute atomic E-state index is 12.1. The van der Waals surface area contributed by atoms with E-state index in [1.165, 1.54) is 0 Å². The number of aryl methyl sites for hydroxylation is 1. The first-order valence-corrected chi connectivity index (χ1v) is 6.74. The van der Waals surface area contributed by atoms with Crippen molar-refractivity contribution in [3.8, 4) is 0 Å². The number of hydrogen-bond donors (Lipinski definition) is 2. The van der Waals surface area contributed by atoms with Crippen molar-refractivity contribution in [2.24, 2.45) is 0 Å². The minimum atomic E-state index is -0.141. The molecule has 2 aromatic rings. The van der Waals surface area contributed by atoms with E-state index < -0.39 is 0 Å². The number of hydrogen-bond acceptors (Lipinski definition) is 3. The van der Waals surface area contributed by atoms with E-state index in [-0.39, 0.29) is 11.9 Å². The molecule has 5 nitrogen and oxygen atoms in total. The zero-order valence-corrected chi connectivity index (χ0v) is 11.0. The fourth-order valence-corrected chi connectivity index (χ4v) is 2.77. The van der Waals surface area contributed by atoms with Crippen LogP contribution in [0.3, 0.4) is 0 Å². The smallest absolute Gasteiger partial charge is 0.243 e. The minimum absolute atomic E-state index is 0.0945. The fourth-order valence-electron chi connectivity index (χ4n) is 2.77. The summed E-state index contributed by atoms with van der Waals surface area (Å²) in [5.41, 5.74) is 8.37. The van der Waals surface area contributed by atoms with Crippen LogP contribution in [0.15, 0.2) is 18.2 Å². The number of nitrogens with zero attached hydrogens (tertiary/aromatic N) is 2. The first kappa shape index (κ1) is 12.0. The Kier molecular flexibility index (Phi) is 2.89. The van der Waals surface area contributed by atoms with Gasteiger partial charge in [0.1, 0.15) is 11.9 Å². The van der Waals surface area contributed by atoms with Crippen LogP contribution >= 0.6 is 0 Å². The number of aromatic nitrogens is 2. The topological polar surface area (TPSA) is 72.9 Å². The third kappa shape index (κ3) is 1.95. The van der Waals surface area contributed by atoms with Gasteiger partial charge in [0, 0.05) is 18.7 Å². The average Bonchev–Trinajstić information content (AvgIpc) is 2.76. The number of imidazole rings is 1. The number of fused-ring (bicyclic) bond motifs is 1. The van der Waals surface area contributed by atoms with Crippen LogP contribution in [0.4, 0.5) is 5.69 Å². The summed E-state index contributed by atoms with van der Waals surface area (Å²) in [4.78, 5) is 16.7. The molecular weight excluding hydrogens is 240 g/mol. The molecule has 1 aromatic carbocycles. The van der Waals surface area contributed by atoms with Crippen LogP contribution in [0.25, 0.3) is 11.0 Å². The number of nitrogen functional groups attached to an aromatic ring is 1. The Hall–Kier alpha value is -2.04. The van der Waals surface area contributed by atoms with Gasteiger partial charge in [-0.1, -0.05) is 6.92 Å². The molecule has 0 saturated carbocycles. The molecule has 0 radical (unpaired) electrons. The predicted molar refractivity (Wildman–Crippen MR) is 74.8 cm³/mol. The van der Waals surface area contributed by atoms with Crippen molar-refractivity contribution in [2.75, 3.05) is 12.3 Å². The summed E-state index contributed by atoms with van der Waals surface area (Å²) in [6, 6.07) is 5.54. The Morgan fingerprint density at radius 2 is 2.37 bits per heavy atom. The van der Waals surface area contributed by atoms with Gasteiger partial charge in [0.15, 0.2) is 0 Å². The van der Waals surface area contributed by atoms with Crippen LogP contribution in [0.1, 0.15) is 31.6 Å². The van der Waals surface area contributed by atoms with Gasteiger partial charge in [0.05, 0.1) is 11.0 Å². The lowest BCUT2D eigenvalue weighted by atomic mass is 10.1. The van der Waals surface area contributed by atoms with E-state index in [2.05, 4.69) is 21.8 Å². The number of benzene rings is 1. The SMILES string of the molecule is CCc1nc2cc(N)ccc2n1C1CCCNC1=O. The van der Waals surface area contributed by atoms with Gasteiger partial charge in [-0.3, -0.25) is 4.79 Å². The van der Waals surface area contributed by atoms with Crippen LogP contribution in [0, 0.1) is 0 Å². The van der Waals surface area contributed by atoms with Crippen LogP contribution < -0.4 is 11.1 Å². The first-order chi connectivity index (χ1) is 9.20. The molecule has 0 spiro atoms. The van der Waals surface area contributed by atoms with Crippen molar-refractivity contribution in [2.45, 2.75) is 32.2 Å². The molecule has 100 valence electrons. The van der Waals surface area contributed by atoms with Crippen LogP contribution in [-0.2, 0) is 11.2 Å². The molecule has 1 saturated heterocycles. The monoisotopic (exact) mass is 258 g/mol. The third-order valence-electron chi connectivity index (χ3n) is 3.67. The molecule has 1 unspecified atom stereocenters. The van der Waals surface area contributed by atoms with E-state index in [0.717, 1.165) is 42.7 Å². The molecule has 3 rings (SSSR count). The molecule has 1 aliphatic rings. The van der Waals surface area contributed by atoms with E-state index in [1.54, 1.807) is 0 Å². The van der Waals surface area contributed by atoms with Crippen molar-refractivity contribution in [3.05, 3.63) is 24.0 Å². The largest absolute Gasteiger partial charge is 0.399 e. The Labute approximate surface area is 111 Å². The number of amides is 1. The lowest BCUT2D eigenvalue weighted by Crippen LogP contribution is -2.38. The van der Waals surface area contributed by atoms with Crippen molar-refractivity contribution in [1.29, 1.82) is 0 Å².